The van der Waals surface area contributed by atoms with Crippen molar-refractivity contribution in [2.75, 3.05) is 12.4 Å². The molecule has 0 saturated heterocycles. The Labute approximate surface area is 152 Å². The molecule has 4 nitrogen and oxygen atoms in total. The van der Waals surface area contributed by atoms with Crippen molar-refractivity contribution < 1.29 is 9.84 Å². The number of hydrogen-bond acceptors (Lipinski definition) is 4. The maximum atomic E-state index is 9.24. The second-order valence-electron chi connectivity index (χ2n) is 6.37. The van der Waals surface area contributed by atoms with E-state index < -0.39 is 0 Å². The molecule has 0 aliphatic carbocycles. The molecule has 0 aliphatic heterocycles. The molecule has 26 heavy (non-hydrogen) atoms. The Balaban J connectivity index is 1.93. The van der Waals surface area contributed by atoms with Crippen LogP contribution in [-0.2, 0) is 6.61 Å². The molecule has 1 aromatic heterocycles. The predicted octanol–water partition coefficient (Wildman–Crippen LogP) is 4.94. The van der Waals surface area contributed by atoms with Gasteiger partial charge in [-0.2, -0.15) is 0 Å². The van der Waals surface area contributed by atoms with Gasteiger partial charge in [-0.15, -0.1) is 0 Å². The van der Waals surface area contributed by atoms with E-state index in [2.05, 4.69) is 24.4 Å². The van der Waals surface area contributed by atoms with Crippen LogP contribution in [0.3, 0.4) is 0 Å². The SMILES string of the molecule is COc1ccc2c(Nc3ccc(CO)cc3)c3cc(C)ccc3nc2c1. The number of ether oxygens (including phenoxy) is 1. The lowest BCUT2D eigenvalue weighted by atomic mass is 10.0. The molecule has 1 heterocycles. The van der Waals surface area contributed by atoms with Gasteiger partial charge in [-0.3, -0.25) is 0 Å². The molecule has 4 heteroatoms. The fourth-order valence-electron chi connectivity index (χ4n) is 3.14. The van der Waals surface area contributed by atoms with Crippen molar-refractivity contribution in [3.8, 4) is 5.75 Å². The minimum Gasteiger partial charge on any atom is -0.497 e. The van der Waals surface area contributed by atoms with Gasteiger partial charge >= 0.3 is 0 Å². The van der Waals surface area contributed by atoms with Crippen LogP contribution >= 0.6 is 0 Å². The van der Waals surface area contributed by atoms with Gasteiger partial charge in [-0.25, -0.2) is 4.98 Å². The zero-order valence-corrected chi connectivity index (χ0v) is 14.8. The number of pyridine rings is 1. The van der Waals surface area contributed by atoms with Crippen molar-refractivity contribution in [2.45, 2.75) is 13.5 Å². The van der Waals surface area contributed by atoms with Gasteiger partial charge in [0, 0.05) is 22.5 Å². The zero-order valence-electron chi connectivity index (χ0n) is 14.8. The summed E-state index contributed by atoms with van der Waals surface area (Å²) in [6.45, 7) is 2.12. The number of anilines is 2. The van der Waals surface area contributed by atoms with Crippen LogP contribution in [0.5, 0.6) is 5.75 Å². The van der Waals surface area contributed by atoms with Crippen molar-refractivity contribution in [3.63, 3.8) is 0 Å². The highest BCUT2D eigenvalue weighted by Gasteiger charge is 2.11. The van der Waals surface area contributed by atoms with Crippen LogP contribution in [-0.4, -0.2) is 17.2 Å². The summed E-state index contributed by atoms with van der Waals surface area (Å²) in [4.78, 5) is 4.80. The van der Waals surface area contributed by atoms with Gasteiger partial charge in [0.05, 0.1) is 30.4 Å². The molecule has 0 unspecified atom stereocenters. The number of aromatic nitrogens is 1. The molecule has 0 bridgehead atoms. The number of nitrogens with zero attached hydrogens (tertiary/aromatic N) is 1. The minimum atomic E-state index is 0.0421. The first kappa shape index (κ1) is 16.4. The van der Waals surface area contributed by atoms with Gasteiger partial charge < -0.3 is 15.2 Å². The third-order valence-corrected chi connectivity index (χ3v) is 4.54. The summed E-state index contributed by atoms with van der Waals surface area (Å²) in [7, 11) is 1.66. The number of nitrogens with one attached hydrogen (secondary N) is 1. The number of hydrogen-bond donors (Lipinski definition) is 2. The average Bonchev–Trinajstić information content (AvgIpc) is 2.68. The van der Waals surface area contributed by atoms with Crippen LogP contribution in [0.2, 0.25) is 0 Å². The fourth-order valence-corrected chi connectivity index (χ4v) is 3.14. The molecule has 0 atom stereocenters. The standard InChI is InChI=1S/C22H20N2O2/c1-14-3-10-20-19(11-14)22(23-16-6-4-15(13-25)5-7-16)18-9-8-17(26-2)12-21(18)24-20/h3-12,25H,13H2,1-2H3,(H,23,24). The monoisotopic (exact) mass is 344 g/mol. The van der Waals surface area contributed by atoms with Crippen LogP contribution in [0.4, 0.5) is 11.4 Å². The first-order valence-electron chi connectivity index (χ1n) is 8.53. The second kappa shape index (κ2) is 6.65. The highest BCUT2D eigenvalue weighted by Crippen LogP contribution is 2.35. The Morgan fingerprint density at radius 3 is 2.46 bits per heavy atom. The van der Waals surface area contributed by atoms with E-state index in [-0.39, 0.29) is 6.61 Å². The van der Waals surface area contributed by atoms with E-state index >= 15 is 0 Å². The molecule has 0 saturated carbocycles. The first-order chi connectivity index (χ1) is 12.7. The Kier molecular flexibility index (Phi) is 4.19. The van der Waals surface area contributed by atoms with Gasteiger partial charge in [0.25, 0.3) is 0 Å². The molecule has 130 valence electrons. The normalized spacial score (nSPS) is 11.0. The Morgan fingerprint density at radius 2 is 1.73 bits per heavy atom. The van der Waals surface area contributed by atoms with Crippen molar-refractivity contribution in [1.29, 1.82) is 0 Å². The zero-order chi connectivity index (χ0) is 18.1. The van der Waals surface area contributed by atoms with E-state index in [0.29, 0.717) is 0 Å². The summed E-state index contributed by atoms with van der Waals surface area (Å²) in [5.74, 6) is 0.787. The van der Waals surface area contributed by atoms with Gasteiger partial charge in [-0.1, -0.05) is 23.8 Å². The van der Waals surface area contributed by atoms with E-state index in [1.54, 1.807) is 7.11 Å². The van der Waals surface area contributed by atoms with Crippen molar-refractivity contribution in [3.05, 3.63) is 71.8 Å². The van der Waals surface area contributed by atoms with Crippen LogP contribution in [0, 0.1) is 6.92 Å². The predicted molar refractivity (Wildman–Crippen MR) is 106 cm³/mol. The molecule has 0 radical (unpaired) electrons. The first-order valence-corrected chi connectivity index (χ1v) is 8.53. The number of aliphatic hydroxyl groups excluding tert-OH is 1. The fraction of sp³-hybridized carbons (Fsp3) is 0.136. The van der Waals surface area contributed by atoms with E-state index in [1.807, 2.05) is 48.5 Å². The number of aliphatic hydroxyl groups is 1. The van der Waals surface area contributed by atoms with Gasteiger partial charge in [0.15, 0.2) is 0 Å². The average molecular weight is 344 g/mol. The summed E-state index contributed by atoms with van der Waals surface area (Å²) in [5, 5.41) is 14.9. The molecule has 4 rings (SSSR count). The van der Waals surface area contributed by atoms with E-state index in [0.717, 1.165) is 44.5 Å². The maximum absolute atomic E-state index is 9.24. The Bertz CT molecular complexity index is 1090. The summed E-state index contributed by atoms with van der Waals surface area (Å²) < 4.78 is 5.35. The summed E-state index contributed by atoms with van der Waals surface area (Å²) >= 11 is 0. The van der Waals surface area contributed by atoms with Crippen molar-refractivity contribution in [2.24, 2.45) is 0 Å². The van der Waals surface area contributed by atoms with Crippen LogP contribution in [0.15, 0.2) is 60.7 Å². The van der Waals surface area contributed by atoms with Crippen LogP contribution in [0.1, 0.15) is 11.1 Å². The highest BCUT2D eigenvalue weighted by molar-refractivity contribution is 6.09. The second-order valence-corrected chi connectivity index (χ2v) is 6.37. The Morgan fingerprint density at radius 1 is 0.923 bits per heavy atom. The molecule has 4 aromatic rings. The maximum Gasteiger partial charge on any atom is 0.121 e. The quantitative estimate of drug-likeness (QED) is 0.515. The Hall–Kier alpha value is -3.11. The number of aryl methyl sites for hydroxylation is 1. The molecule has 3 aromatic carbocycles. The lowest BCUT2D eigenvalue weighted by molar-refractivity contribution is 0.282. The summed E-state index contributed by atoms with van der Waals surface area (Å²) in [6, 6.07) is 20.0. The van der Waals surface area contributed by atoms with Crippen LogP contribution < -0.4 is 10.1 Å². The van der Waals surface area contributed by atoms with Crippen molar-refractivity contribution in [1.82, 2.24) is 4.98 Å². The lowest BCUT2D eigenvalue weighted by Crippen LogP contribution is -1.96. The smallest absolute Gasteiger partial charge is 0.121 e. The number of rotatable bonds is 4. The third-order valence-electron chi connectivity index (χ3n) is 4.54. The molecule has 2 N–H and O–H groups in total. The van der Waals surface area contributed by atoms with E-state index in [9.17, 15) is 5.11 Å². The van der Waals surface area contributed by atoms with Gasteiger partial charge in [-0.05, 0) is 48.9 Å². The van der Waals surface area contributed by atoms with Crippen molar-refractivity contribution >= 4 is 33.2 Å². The number of benzene rings is 3. The van der Waals surface area contributed by atoms with E-state index in [1.165, 1.54) is 5.56 Å². The molecule has 0 spiro atoms. The summed E-state index contributed by atoms with van der Waals surface area (Å²) in [6.07, 6.45) is 0. The lowest BCUT2D eigenvalue weighted by Gasteiger charge is -2.15. The van der Waals surface area contributed by atoms with Crippen LogP contribution in [0.25, 0.3) is 21.8 Å². The van der Waals surface area contributed by atoms with Gasteiger partial charge in [0.1, 0.15) is 5.75 Å². The highest BCUT2D eigenvalue weighted by atomic mass is 16.5. The molecular weight excluding hydrogens is 324 g/mol. The molecule has 0 aliphatic rings. The number of fused-ring (bicyclic) bond motifs is 2. The molecular formula is C22H20N2O2. The topological polar surface area (TPSA) is 54.4 Å². The number of methoxy groups -OCH3 is 1. The molecule has 0 amide bonds. The largest absolute Gasteiger partial charge is 0.497 e. The molecule has 0 fully saturated rings. The summed E-state index contributed by atoms with van der Waals surface area (Å²) in [5.41, 5.74) is 5.88. The third kappa shape index (κ3) is 2.95. The van der Waals surface area contributed by atoms with E-state index in [4.69, 9.17) is 9.72 Å². The minimum absolute atomic E-state index is 0.0421. The van der Waals surface area contributed by atoms with Gasteiger partial charge in [0.2, 0.25) is 0 Å².